The first kappa shape index (κ1) is 12.0. The molecule has 1 aromatic carbocycles. The van der Waals surface area contributed by atoms with Gasteiger partial charge in [0.05, 0.1) is 5.02 Å². The third-order valence-corrected chi connectivity index (χ3v) is 3.32. The monoisotopic (exact) mass is 246 g/mol. The van der Waals surface area contributed by atoms with Crippen molar-refractivity contribution in [1.82, 2.24) is 0 Å². The standard InChI is InChI=1S/C15H15ClO/c1-5-9(2)11(4)12-6-7-14(16)13-8-10(3)17-15(12)13/h5-8H,4H2,1-3H3/b9-5+. The fraction of sp³-hybridized carbons (Fsp3) is 0.200. The van der Waals surface area contributed by atoms with E-state index in [2.05, 4.69) is 6.58 Å². The predicted octanol–water partition coefficient (Wildman–Crippen LogP) is 5.37. The Morgan fingerprint density at radius 3 is 2.76 bits per heavy atom. The van der Waals surface area contributed by atoms with Gasteiger partial charge in [-0.3, -0.25) is 0 Å². The number of halogens is 1. The molecule has 0 unspecified atom stereocenters. The van der Waals surface area contributed by atoms with Gasteiger partial charge in [-0.25, -0.2) is 0 Å². The Balaban J connectivity index is 2.71. The van der Waals surface area contributed by atoms with E-state index in [4.69, 9.17) is 16.0 Å². The van der Waals surface area contributed by atoms with Crippen LogP contribution in [0.1, 0.15) is 25.2 Å². The second kappa shape index (κ2) is 4.42. The van der Waals surface area contributed by atoms with Crippen LogP contribution in [0.25, 0.3) is 16.5 Å². The summed E-state index contributed by atoms with van der Waals surface area (Å²) in [5.74, 6) is 0.861. The van der Waals surface area contributed by atoms with Crippen LogP contribution in [0.4, 0.5) is 0 Å². The molecule has 2 aromatic rings. The van der Waals surface area contributed by atoms with Crippen molar-refractivity contribution in [2.75, 3.05) is 0 Å². The zero-order valence-corrected chi connectivity index (χ0v) is 11.1. The molecular weight excluding hydrogens is 232 g/mol. The SMILES string of the molecule is C=C(/C(C)=C/C)c1ccc(Cl)c2cc(C)oc12. The van der Waals surface area contributed by atoms with Crippen molar-refractivity contribution < 1.29 is 4.42 Å². The number of allylic oxidation sites excluding steroid dienone is 3. The Morgan fingerprint density at radius 2 is 2.12 bits per heavy atom. The van der Waals surface area contributed by atoms with E-state index in [1.165, 1.54) is 0 Å². The summed E-state index contributed by atoms with van der Waals surface area (Å²) < 4.78 is 5.72. The Bertz CT molecular complexity index is 617. The van der Waals surface area contributed by atoms with E-state index < -0.39 is 0 Å². The molecule has 0 N–H and O–H groups in total. The number of fused-ring (bicyclic) bond motifs is 1. The number of rotatable bonds is 2. The van der Waals surface area contributed by atoms with Crippen LogP contribution in [0, 0.1) is 6.92 Å². The van der Waals surface area contributed by atoms with Gasteiger partial charge < -0.3 is 4.42 Å². The quantitative estimate of drug-likeness (QED) is 0.649. The van der Waals surface area contributed by atoms with E-state index in [9.17, 15) is 0 Å². The van der Waals surface area contributed by atoms with Crippen LogP contribution >= 0.6 is 11.6 Å². The molecule has 1 aromatic heterocycles. The molecule has 0 aliphatic carbocycles. The van der Waals surface area contributed by atoms with Crippen LogP contribution in [-0.4, -0.2) is 0 Å². The fourth-order valence-electron chi connectivity index (χ4n) is 1.84. The topological polar surface area (TPSA) is 13.1 Å². The molecule has 0 amide bonds. The second-order valence-electron chi connectivity index (χ2n) is 4.15. The summed E-state index contributed by atoms with van der Waals surface area (Å²) in [6.07, 6.45) is 2.04. The number of benzene rings is 1. The van der Waals surface area contributed by atoms with Crippen LogP contribution in [-0.2, 0) is 0 Å². The maximum absolute atomic E-state index is 6.16. The van der Waals surface area contributed by atoms with Gasteiger partial charge in [0.25, 0.3) is 0 Å². The van der Waals surface area contributed by atoms with Gasteiger partial charge in [-0.1, -0.05) is 24.3 Å². The Hall–Kier alpha value is -1.47. The summed E-state index contributed by atoms with van der Waals surface area (Å²) in [4.78, 5) is 0. The van der Waals surface area contributed by atoms with Crippen molar-refractivity contribution in [2.45, 2.75) is 20.8 Å². The lowest BCUT2D eigenvalue weighted by Crippen LogP contribution is -1.85. The van der Waals surface area contributed by atoms with Crippen LogP contribution < -0.4 is 0 Å². The highest BCUT2D eigenvalue weighted by molar-refractivity contribution is 6.35. The van der Waals surface area contributed by atoms with Gasteiger partial charge in [-0.15, -0.1) is 0 Å². The molecule has 1 heterocycles. The van der Waals surface area contributed by atoms with Gasteiger partial charge in [0.15, 0.2) is 0 Å². The number of aryl methyl sites for hydroxylation is 1. The maximum Gasteiger partial charge on any atom is 0.143 e. The number of hydrogen-bond donors (Lipinski definition) is 0. The summed E-state index contributed by atoms with van der Waals surface area (Å²) in [6, 6.07) is 5.81. The number of furan rings is 1. The molecule has 0 aliphatic rings. The molecule has 17 heavy (non-hydrogen) atoms. The first-order chi connectivity index (χ1) is 8.04. The summed E-state index contributed by atoms with van der Waals surface area (Å²) in [6.45, 7) is 10.1. The van der Waals surface area contributed by atoms with Crippen molar-refractivity contribution in [2.24, 2.45) is 0 Å². The summed E-state index contributed by atoms with van der Waals surface area (Å²) in [5.41, 5.74) is 3.94. The van der Waals surface area contributed by atoms with Crippen molar-refractivity contribution in [3.05, 3.63) is 52.8 Å². The average molecular weight is 247 g/mol. The maximum atomic E-state index is 6.16. The average Bonchev–Trinajstić information content (AvgIpc) is 2.70. The molecule has 88 valence electrons. The minimum Gasteiger partial charge on any atom is -0.461 e. The van der Waals surface area contributed by atoms with Gasteiger partial charge in [-0.2, -0.15) is 0 Å². The largest absolute Gasteiger partial charge is 0.461 e. The summed E-state index contributed by atoms with van der Waals surface area (Å²) in [7, 11) is 0. The number of hydrogen-bond acceptors (Lipinski definition) is 1. The molecule has 2 rings (SSSR count). The van der Waals surface area contributed by atoms with Gasteiger partial charge >= 0.3 is 0 Å². The van der Waals surface area contributed by atoms with E-state index >= 15 is 0 Å². The molecule has 1 nitrogen and oxygen atoms in total. The lowest BCUT2D eigenvalue weighted by atomic mass is 9.99. The zero-order valence-electron chi connectivity index (χ0n) is 10.3. The molecule has 0 radical (unpaired) electrons. The van der Waals surface area contributed by atoms with Crippen molar-refractivity contribution in [3.63, 3.8) is 0 Å². The normalized spacial score (nSPS) is 12.1. The third kappa shape index (κ3) is 2.03. The van der Waals surface area contributed by atoms with Gasteiger partial charge in [0.1, 0.15) is 11.3 Å². The molecule has 0 bridgehead atoms. The summed E-state index contributed by atoms with van der Waals surface area (Å²) in [5, 5.41) is 1.67. The van der Waals surface area contributed by atoms with Crippen LogP contribution in [0.15, 0.2) is 40.8 Å². The van der Waals surface area contributed by atoms with Gasteiger partial charge in [0, 0.05) is 10.9 Å². The van der Waals surface area contributed by atoms with Crippen LogP contribution in [0.3, 0.4) is 0 Å². The Morgan fingerprint density at radius 1 is 1.41 bits per heavy atom. The minimum atomic E-state index is 0.714. The first-order valence-electron chi connectivity index (χ1n) is 5.55. The molecule has 0 fully saturated rings. The van der Waals surface area contributed by atoms with E-state index in [1.807, 2.05) is 45.0 Å². The molecular formula is C15H15ClO. The Labute approximate surface area is 106 Å². The van der Waals surface area contributed by atoms with Crippen LogP contribution in [0.5, 0.6) is 0 Å². The third-order valence-electron chi connectivity index (χ3n) is 2.99. The second-order valence-corrected chi connectivity index (χ2v) is 4.55. The molecule has 0 atom stereocenters. The smallest absolute Gasteiger partial charge is 0.143 e. The van der Waals surface area contributed by atoms with Gasteiger partial charge in [0.2, 0.25) is 0 Å². The van der Waals surface area contributed by atoms with Crippen molar-refractivity contribution in [3.8, 4) is 0 Å². The highest BCUT2D eigenvalue weighted by Crippen LogP contribution is 2.34. The molecule has 0 saturated heterocycles. The first-order valence-corrected chi connectivity index (χ1v) is 5.93. The predicted molar refractivity (Wildman–Crippen MR) is 74.4 cm³/mol. The molecule has 2 heteroatoms. The molecule has 0 saturated carbocycles. The Kier molecular flexibility index (Phi) is 3.12. The van der Waals surface area contributed by atoms with Gasteiger partial charge in [-0.05, 0) is 50.1 Å². The zero-order chi connectivity index (χ0) is 12.6. The highest BCUT2D eigenvalue weighted by atomic mass is 35.5. The van der Waals surface area contributed by atoms with E-state index in [0.29, 0.717) is 5.02 Å². The van der Waals surface area contributed by atoms with E-state index in [0.717, 1.165) is 33.4 Å². The van der Waals surface area contributed by atoms with E-state index in [-0.39, 0.29) is 0 Å². The fourth-order valence-corrected chi connectivity index (χ4v) is 2.04. The minimum absolute atomic E-state index is 0.714. The van der Waals surface area contributed by atoms with Crippen LogP contribution in [0.2, 0.25) is 5.02 Å². The van der Waals surface area contributed by atoms with Crippen molar-refractivity contribution >= 4 is 28.1 Å². The molecule has 0 aliphatic heterocycles. The van der Waals surface area contributed by atoms with Crippen molar-refractivity contribution in [1.29, 1.82) is 0 Å². The highest BCUT2D eigenvalue weighted by Gasteiger charge is 2.12. The molecule has 0 spiro atoms. The lowest BCUT2D eigenvalue weighted by molar-refractivity contribution is 0.578. The lowest BCUT2D eigenvalue weighted by Gasteiger charge is -2.07. The van der Waals surface area contributed by atoms with E-state index in [1.54, 1.807) is 0 Å². The summed E-state index contributed by atoms with van der Waals surface area (Å²) >= 11 is 6.16.